The molecule has 0 N–H and O–H groups in total. The van der Waals surface area contributed by atoms with Crippen LogP contribution in [0.1, 0.15) is 32.1 Å². The summed E-state index contributed by atoms with van der Waals surface area (Å²) in [4.78, 5) is 12.6. The molecule has 0 radical (unpaired) electrons. The van der Waals surface area contributed by atoms with Crippen molar-refractivity contribution in [2.24, 2.45) is 5.92 Å². The molecule has 0 aromatic rings. The highest BCUT2D eigenvalue weighted by Crippen LogP contribution is 2.45. The van der Waals surface area contributed by atoms with Crippen molar-refractivity contribution in [3.8, 4) is 0 Å². The fourth-order valence-corrected chi connectivity index (χ4v) is 5.72. The summed E-state index contributed by atoms with van der Waals surface area (Å²) in [7, 11) is -3.47. The Kier molecular flexibility index (Phi) is 4.95. The van der Waals surface area contributed by atoms with Gasteiger partial charge in [0, 0.05) is 0 Å². The Hall–Kier alpha value is -0.596. The smallest absolute Gasteiger partial charge is 0.319 e. The normalized spacial score (nSPS) is 25.6. The second kappa shape index (κ2) is 6.13. The maximum Gasteiger partial charge on any atom is 0.319 e. The summed E-state index contributed by atoms with van der Waals surface area (Å²) in [5, 5.41) is 0. The first-order valence-corrected chi connectivity index (χ1v) is 15.1. The van der Waals surface area contributed by atoms with Crippen LogP contribution in [0.4, 0.5) is 0 Å². The van der Waals surface area contributed by atoms with E-state index in [-0.39, 0.29) is 17.5 Å². The van der Waals surface area contributed by atoms with E-state index in [0.29, 0.717) is 12.4 Å². The predicted molar refractivity (Wildman–Crippen MR) is 92.3 cm³/mol. The fraction of sp³-hybridized carbons (Fsp3) is 0.812. The minimum Gasteiger partial charge on any atom is -0.520 e. The van der Waals surface area contributed by atoms with Crippen LogP contribution in [0, 0.1) is 5.92 Å². The number of rotatable bonds is 5. The first kappa shape index (κ1) is 17.8. The van der Waals surface area contributed by atoms with Crippen LogP contribution in [0.5, 0.6) is 0 Å². The van der Waals surface area contributed by atoms with Crippen LogP contribution < -0.4 is 0 Å². The zero-order valence-corrected chi connectivity index (χ0v) is 16.8. The molecular weight excluding hydrogens is 312 g/mol. The van der Waals surface area contributed by atoms with Gasteiger partial charge in [-0.05, 0) is 64.6 Å². The molecular formula is C16H30O4Si2. The summed E-state index contributed by atoms with van der Waals surface area (Å²) < 4.78 is 17.8. The van der Waals surface area contributed by atoms with Gasteiger partial charge < -0.3 is 13.6 Å². The molecule has 0 spiro atoms. The molecule has 1 aliphatic heterocycles. The fourth-order valence-electron chi connectivity index (χ4n) is 3.42. The molecule has 0 saturated heterocycles. The van der Waals surface area contributed by atoms with E-state index in [0.717, 1.165) is 25.7 Å². The van der Waals surface area contributed by atoms with Crippen molar-refractivity contribution in [1.29, 1.82) is 0 Å². The van der Waals surface area contributed by atoms with Crippen LogP contribution in [0.2, 0.25) is 39.3 Å². The number of allylic oxidation sites excluding steroid dienone is 1. The standard InChI is InChI=1S/C16H30O4Si2/c1-21(2,3)19-14-10-9-13(15(17)18-14)16(11-7-8-12-16)20-22(4,5)6/h10,13H,7-9,11-12H2,1-6H3. The van der Waals surface area contributed by atoms with Crippen molar-refractivity contribution in [2.45, 2.75) is 77.0 Å². The monoisotopic (exact) mass is 342 g/mol. The van der Waals surface area contributed by atoms with Gasteiger partial charge in [0.25, 0.3) is 5.95 Å². The molecule has 0 bridgehead atoms. The Balaban J connectivity index is 2.16. The minimum absolute atomic E-state index is 0.170. The molecule has 1 unspecified atom stereocenters. The molecule has 1 fully saturated rings. The van der Waals surface area contributed by atoms with Gasteiger partial charge in [-0.1, -0.05) is 12.8 Å². The van der Waals surface area contributed by atoms with E-state index < -0.39 is 16.6 Å². The van der Waals surface area contributed by atoms with Crippen molar-refractivity contribution in [3.63, 3.8) is 0 Å². The highest BCUT2D eigenvalue weighted by atomic mass is 28.4. The average Bonchev–Trinajstić information content (AvgIpc) is 2.73. The molecule has 2 rings (SSSR count). The molecule has 126 valence electrons. The lowest BCUT2D eigenvalue weighted by atomic mass is 9.83. The zero-order valence-electron chi connectivity index (χ0n) is 14.8. The van der Waals surface area contributed by atoms with Gasteiger partial charge in [0.2, 0.25) is 8.32 Å². The maximum absolute atomic E-state index is 12.6. The maximum atomic E-state index is 12.6. The van der Waals surface area contributed by atoms with Crippen LogP contribution in [0.25, 0.3) is 0 Å². The van der Waals surface area contributed by atoms with Gasteiger partial charge in [0.1, 0.15) is 0 Å². The number of hydrogen-bond acceptors (Lipinski definition) is 4. The average molecular weight is 343 g/mol. The van der Waals surface area contributed by atoms with E-state index in [1.807, 2.05) is 6.08 Å². The Morgan fingerprint density at radius 1 is 1.09 bits per heavy atom. The van der Waals surface area contributed by atoms with Crippen molar-refractivity contribution in [1.82, 2.24) is 0 Å². The van der Waals surface area contributed by atoms with Gasteiger partial charge in [-0.15, -0.1) is 0 Å². The van der Waals surface area contributed by atoms with Crippen LogP contribution >= 0.6 is 0 Å². The lowest BCUT2D eigenvalue weighted by Crippen LogP contribution is -2.50. The summed E-state index contributed by atoms with van der Waals surface area (Å²) in [6, 6.07) is 0. The van der Waals surface area contributed by atoms with Gasteiger partial charge in [0.15, 0.2) is 8.32 Å². The van der Waals surface area contributed by atoms with E-state index in [2.05, 4.69) is 39.3 Å². The van der Waals surface area contributed by atoms with Crippen molar-refractivity contribution >= 4 is 22.6 Å². The number of carbonyl (C=O) groups is 1. The van der Waals surface area contributed by atoms with Gasteiger partial charge in [-0.3, -0.25) is 4.79 Å². The number of ether oxygens (including phenoxy) is 1. The largest absolute Gasteiger partial charge is 0.520 e. The molecule has 6 heteroatoms. The summed E-state index contributed by atoms with van der Waals surface area (Å²) in [6.07, 6.45) is 6.82. The first-order valence-electron chi connectivity index (χ1n) is 8.32. The van der Waals surface area contributed by atoms with E-state index in [1.165, 1.54) is 0 Å². The van der Waals surface area contributed by atoms with Crippen molar-refractivity contribution in [2.75, 3.05) is 0 Å². The van der Waals surface area contributed by atoms with Crippen LogP contribution in [0.3, 0.4) is 0 Å². The second-order valence-corrected chi connectivity index (χ2v) is 17.3. The summed E-state index contributed by atoms with van der Waals surface area (Å²) in [6.45, 7) is 12.8. The van der Waals surface area contributed by atoms with Crippen LogP contribution in [0.15, 0.2) is 12.0 Å². The second-order valence-electron chi connectivity index (χ2n) is 8.43. The van der Waals surface area contributed by atoms with E-state index >= 15 is 0 Å². The van der Waals surface area contributed by atoms with E-state index in [9.17, 15) is 4.79 Å². The van der Waals surface area contributed by atoms with Crippen LogP contribution in [-0.4, -0.2) is 28.2 Å². The highest BCUT2D eigenvalue weighted by molar-refractivity contribution is 6.70. The summed E-state index contributed by atoms with van der Waals surface area (Å²) in [5.74, 6) is 0.0492. The van der Waals surface area contributed by atoms with Gasteiger partial charge in [-0.2, -0.15) is 0 Å². The quantitative estimate of drug-likeness (QED) is 0.548. The third kappa shape index (κ3) is 4.46. The van der Waals surface area contributed by atoms with E-state index in [4.69, 9.17) is 13.6 Å². The molecule has 1 atom stereocenters. The molecule has 0 aromatic heterocycles. The SMILES string of the molecule is C[Si](C)(C)OC1=CCC(C2(O[Si](C)(C)C)CCCC2)C(=O)O1. The number of cyclic esters (lactones) is 1. The topological polar surface area (TPSA) is 44.8 Å². The van der Waals surface area contributed by atoms with E-state index in [1.54, 1.807) is 0 Å². The first-order chi connectivity index (χ1) is 10.0. The molecule has 0 amide bonds. The number of carbonyl (C=O) groups excluding carboxylic acids is 1. The molecule has 4 nitrogen and oxygen atoms in total. The van der Waals surface area contributed by atoms with Crippen molar-refractivity contribution in [3.05, 3.63) is 12.0 Å². The highest BCUT2D eigenvalue weighted by Gasteiger charge is 2.50. The van der Waals surface area contributed by atoms with Gasteiger partial charge in [-0.25, -0.2) is 0 Å². The lowest BCUT2D eigenvalue weighted by molar-refractivity contribution is -0.158. The molecule has 22 heavy (non-hydrogen) atoms. The molecule has 1 saturated carbocycles. The van der Waals surface area contributed by atoms with Crippen LogP contribution in [-0.2, 0) is 18.4 Å². The molecule has 1 aliphatic carbocycles. The Labute approximate surface area is 136 Å². The van der Waals surface area contributed by atoms with Gasteiger partial charge in [0.05, 0.1) is 11.5 Å². The number of hydrogen-bond donors (Lipinski definition) is 0. The lowest BCUT2D eigenvalue weighted by Gasteiger charge is -2.42. The summed E-state index contributed by atoms with van der Waals surface area (Å²) >= 11 is 0. The molecule has 0 aromatic carbocycles. The predicted octanol–water partition coefficient (Wildman–Crippen LogP) is 4.41. The molecule has 2 aliphatic rings. The van der Waals surface area contributed by atoms with Crippen molar-refractivity contribution < 1.29 is 18.4 Å². The molecule has 1 heterocycles. The minimum atomic E-state index is -1.75. The Morgan fingerprint density at radius 2 is 1.68 bits per heavy atom. The Bertz CT molecular complexity index is 454. The number of esters is 1. The van der Waals surface area contributed by atoms with Gasteiger partial charge >= 0.3 is 5.97 Å². The third-order valence-electron chi connectivity index (χ3n) is 4.01. The third-order valence-corrected chi connectivity index (χ3v) is 5.84. The zero-order chi connectivity index (χ0) is 16.6. The summed E-state index contributed by atoms with van der Waals surface area (Å²) in [5.41, 5.74) is -0.317. The Morgan fingerprint density at radius 3 is 2.14 bits per heavy atom.